The Bertz CT molecular complexity index is 1330. The Morgan fingerprint density at radius 3 is 2.49 bits per heavy atom. The van der Waals surface area contributed by atoms with Gasteiger partial charge in [0.1, 0.15) is 0 Å². The molecule has 1 amide bonds. The lowest BCUT2D eigenvalue weighted by molar-refractivity contribution is 0.0924. The van der Waals surface area contributed by atoms with E-state index in [2.05, 4.69) is 25.7 Å². The molecule has 0 aromatic carbocycles. The molecular formula is C23H30ClN7O3S. The highest BCUT2D eigenvalue weighted by atomic mass is 35.5. The highest BCUT2D eigenvalue weighted by Crippen LogP contribution is 2.27. The van der Waals surface area contributed by atoms with Crippen LogP contribution in [-0.4, -0.2) is 68.6 Å². The molecule has 0 unspecified atom stereocenters. The van der Waals surface area contributed by atoms with E-state index in [9.17, 15) is 13.2 Å². The maximum Gasteiger partial charge on any atom is 0.255 e. The summed E-state index contributed by atoms with van der Waals surface area (Å²) >= 11 is 6.01. The average Bonchev–Trinajstić information content (AvgIpc) is 3.21. The van der Waals surface area contributed by atoms with Crippen molar-refractivity contribution in [2.24, 2.45) is 0 Å². The number of aromatic nitrogens is 4. The predicted molar refractivity (Wildman–Crippen MR) is 136 cm³/mol. The number of halogens is 1. The lowest BCUT2D eigenvalue weighted by atomic mass is 10.1. The molecule has 10 nitrogen and oxygen atoms in total. The van der Waals surface area contributed by atoms with Crippen LogP contribution in [0, 0.1) is 0 Å². The largest absolute Gasteiger partial charge is 0.382 e. The molecule has 4 rings (SSSR count). The summed E-state index contributed by atoms with van der Waals surface area (Å²) in [5.74, 6) is -0.248. The van der Waals surface area contributed by atoms with Crippen molar-refractivity contribution in [1.29, 1.82) is 0 Å². The van der Waals surface area contributed by atoms with Crippen LogP contribution in [0.25, 0.3) is 16.9 Å². The molecule has 1 aliphatic rings. The van der Waals surface area contributed by atoms with Crippen molar-refractivity contribution in [2.45, 2.75) is 57.9 Å². The van der Waals surface area contributed by atoms with Crippen LogP contribution in [0.4, 0.5) is 5.69 Å². The van der Waals surface area contributed by atoms with Gasteiger partial charge >= 0.3 is 0 Å². The summed E-state index contributed by atoms with van der Waals surface area (Å²) in [5, 5.41) is 10.7. The number of fused-ring (bicyclic) bond motifs is 1. The van der Waals surface area contributed by atoms with Crippen molar-refractivity contribution < 1.29 is 13.2 Å². The van der Waals surface area contributed by atoms with E-state index in [1.807, 2.05) is 19.9 Å². The van der Waals surface area contributed by atoms with Gasteiger partial charge in [0.2, 0.25) is 10.0 Å². The summed E-state index contributed by atoms with van der Waals surface area (Å²) in [6.45, 7) is 8.14. The zero-order valence-electron chi connectivity index (χ0n) is 20.2. The normalized spacial score (nSPS) is 15.7. The lowest BCUT2D eigenvalue weighted by Crippen LogP contribution is -2.48. The Morgan fingerprint density at radius 2 is 1.83 bits per heavy atom. The first-order chi connectivity index (χ1) is 16.6. The number of rotatable bonds is 7. The lowest BCUT2D eigenvalue weighted by Gasteiger charge is -2.32. The Hall–Kier alpha value is -2.76. The summed E-state index contributed by atoms with van der Waals surface area (Å²) in [5.41, 5.74) is 3.03. The molecule has 12 heteroatoms. The Balaban J connectivity index is 1.54. The van der Waals surface area contributed by atoms with Crippen LogP contribution in [0.3, 0.4) is 0 Å². The molecule has 0 atom stereocenters. The van der Waals surface area contributed by atoms with E-state index in [0.29, 0.717) is 53.5 Å². The van der Waals surface area contributed by atoms with E-state index >= 15 is 0 Å². The standard InChI is InChI=1S/C23H30ClN7O3S/c1-14(2)28-21-9-20(18-12-27-31-13-16(24)10-26-22(18)31)25-11-19(21)23(32)29-17-5-7-30(8-6-17)35(33,34)15(3)4/h9-15,17H,5-8H2,1-4H3,(H,25,28)(H,29,32). The molecule has 1 aliphatic heterocycles. The third-order valence-electron chi connectivity index (χ3n) is 5.94. The number of sulfonamides is 1. The molecule has 0 saturated carbocycles. The summed E-state index contributed by atoms with van der Waals surface area (Å²) in [7, 11) is -3.29. The number of nitrogens with zero attached hydrogens (tertiary/aromatic N) is 5. The van der Waals surface area contributed by atoms with Crippen molar-refractivity contribution in [1.82, 2.24) is 29.2 Å². The van der Waals surface area contributed by atoms with E-state index in [1.165, 1.54) is 4.31 Å². The van der Waals surface area contributed by atoms with Gasteiger partial charge in [-0.2, -0.15) is 5.10 Å². The van der Waals surface area contributed by atoms with Crippen LogP contribution in [0.15, 0.2) is 30.9 Å². The minimum atomic E-state index is -3.29. The first kappa shape index (κ1) is 25.3. The molecule has 0 aliphatic carbocycles. The van der Waals surface area contributed by atoms with Crippen LogP contribution < -0.4 is 10.6 Å². The van der Waals surface area contributed by atoms with Gasteiger partial charge in [-0.05, 0) is 46.6 Å². The van der Waals surface area contributed by atoms with Crippen molar-refractivity contribution in [2.75, 3.05) is 18.4 Å². The number of hydrogen-bond acceptors (Lipinski definition) is 7. The number of hydrogen-bond donors (Lipinski definition) is 2. The zero-order chi connectivity index (χ0) is 25.3. The predicted octanol–water partition coefficient (Wildman–Crippen LogP) is 3.20. The quantitative estimate of drug-likeness (QED) is 0.491. The second-order valence-electron chi connectivity index (χ2n) is 9.25. The van der Waals surface area contributed by atoms with Gasteiger partial charge in [-0.3, -0.25) is 9.78 Å². The highest BCUT2D eigenvalue weighted by molar-refractivity contribution is 7.89. The summed E-state index contributed by atoms with van der Waals surface area (Å²) in [6.07, 6.45) is 7.56. The number of piperidine rings is 1. The molecule has 188 valence electrons. The van der Waals surface area contributed by atoms with Gasteiger partial charge in [0.25, 0.3) is 5.91 Å². The second-order valence-corrected chi connectivity index (χ2v) is 12.2. The Labute approximate surface area is 210 Å². The Morgan fingerprint density at radius 1 is 1.11 bits per heavy atom. The van der Waals surface area contributed by atoms with Crippen LogP contribution in [0.1, 0.15) is 50.9 Å². The summed E-state index contributed by atoms with van der Waals surface area (Å²) in [4.78, 5) is 22.1. The molecule has 35 heavy (non-hydrogen) atoms. The smallest absolute Gasteiger partial charge is 0.255 e. The third kappa shape index (κ3) is 5.41. The van der Waals surface area contributed by atoms with E-state index < -0.39 is 15.3 Å². The number of carbonyl (C=O) groups excluding carboxylic acids is 1. The van der Waals surface area contributed by atoms with Gasteiger partial charge in [0, 0.05) is 37.6 Å². The van der Waals surface area contributed by atoms with Crippen molar-refractivity contribution in [3.63, 3.8) is 0 Å². The van der Waals surface area contributed by atoms with Crippen LogP contribution >= 0.6 is 11.6 Å². The summed E-state index contributed by atoms with van der Waals surface area (Å²) in [6, 6.07) is 1.79. The van der Waals surface area contributed by atoms with E-state index in [4.69, 9.17) is 11.6 Å². The van der Waals surface area contributed by atoms with Crippen molar-refractivity contribution >= 4 is 38.9 Å². The molecule has 3 aromatic heterocycles. The molecular weight excluding hydrogens is 490 g/mol. The molecule has 0 bridgehead atoms. The first-order valence-electron chi connectivity index (χ1n) is 11.6. The minimum Gasteiger partial charge on any atom is -0.382 e. The zero-order valence-corrected chi connectivity index (χ0v) is 21.8. The maximum atomic E-state index is 13.2. The number of anilines is 1. The van der Waals surface area contributed by atoms with Gasteiger partial charge in [-0.25, -0.2) is 22.2 Å². The highest BCUT2D eigenvalue weighted by Gasteiger charge is 2.31. The minimum absolute atomic E-state index is 0.0853. The van der Waals surface area contributed by atoms with E-state index in [0.717, 1.165) is 5.56 Å². The number of amides is 1. The van der Waals surface area contributed by atoms with E-state index in [-0.39, 0.29) is 18.0 Å². The molecule has 0 radical (unpaired) electrons. The topological polar surface area (TPSA) is 122 Å². The van der Waals surface area contributed by atoms with Gasteiger partial charge in [-0.15, -0.1) is 0 Å². The van der Waals surface area contributed by atoms with Gasteiger partial charge in [0.15, 0.2) is 5.65 Å². The second kappa shape index (κ2) is 10.1. The summed E-state index contributed by atoms with van der Waals surface area (Å²) < 4.78 is 27.9. The van der Waals surface area contributed by atoms with Crippen LogP contribution in [0.2, 0.25) is 5.02 Å². The molecule has 4 heterocycles. The average molecular weight is 520 g/mol. The molecule has 1 fully saturated rings. The number of nitrogens with one attached hydrogen (secondary N) is 2. The monoisotopic (exact) mass is 519 g/mol. The fourth-order valence-corrected chi connectivity index (χ4v) is 5.52. The van der Waals surface area contributed by atoms with Gasteiger partial charge < -0.3 is 10.6 Å². The molecule has 1 saturated heterocycles. The molecule has 0 spiro atoms. The Kier molecular flexibility index (Phi) is 7.30. The first-order valence-corrected chi connectivity index (χ1v) is 13.5. The fourth-order valence-electron chi connectivity index (χ4n) is 4.06. The molecule has 2 N–H and O–H groups in total. The van der Waals surface area contributed by atoms with Gasteiger partial charge in [0.05, 0.1) is 45.2 Å². The van der Waals surface area contributed by atoms with E-state index in [1.54, 1.807) is 43.2 Å². The SMILES string of the molecule is CC(C)Nc1cc(-c2cnn3cc(Cl)cnc23)ncc1C(=O)NC1CCN(S(=O)(=O)C(C)C)CC1. The van der Waals surface area contributed by atoms with Gasteiger partial charge in [-0.1, -0.05) is 11.6 Å². The maximum absolute atomic E-state index is 13.2. The fraction of sp³-hybridized carbons (Fsp3) is 0.478. The van der Waals surface area contributed by atoms with Crippen LogP contribution in [-0.2, 0) is 10.0 Å². The van der Waals surface area contributed by atoms with Crippen LogP contribution in [0.5, 0.6) is 0 Å². The van der Waals surface area contributed by atoms with Crippen molar-refractivity contribution in [3.8, 4) is 11.3 Å². The van der Waals surface area contributed by atoms with Crippen molar-refractivity contribution in [3.05, 3.63) is 41.4 Å². The number of carbonyl (C=O) groups is 1. The third-order valence-corrected chi connectivity index (χ3v) is 8.41. The number of pyridine rings is 1. The molecule has 3 aromatic rings.